The molecule has 180 valence electrons. The molecule has 0 aliphatic rings. The predicted molar refractivity (Wildman–Crippen MR) is 128 cm³/mol. The summed E-state index contributed by atoms with van der Waals surface area (Å²) in [6.45, 7) is 5.71. The van der Waals surface area contributed by atoms with E-state index in [-0.39, 0.29) is 24.1 Å². The lowest BCUT2D eigenvalue weighted by atomic mass is 10.2. The lowest BCUT2D eigenvalue weighted by molar-refractivity contribution is 0.0538. The minimum atomic E-state index is -0.627. The number of nitrogens with one attached hydrogen (secondary N) is 3. The molecule has 3 rings (SSSR count). The average Bonchev–Trinajstić information content (AvgIpc) is 2.83. The number of aromatic nitrogens is 2. The highest BCUT2D eigenvalue weighted by molar-refractivity contribution is 5.64. The van der Waals surface area contributed by atoms with E-state index >= 15 is 0 Å². The first kappa shape index (κ1) is 24.9. The van der Waals surface area contributed by atoms with Crippen LogP contribution in [-0.2, 0) is 9.47 Å². The van der Waals surface area contributed by atoms with Gasteiger partial charge in [-0.3, -0.25) is 0 Å². The molecule has 0 atom stereocenters. The molecule has 2 aromatic carbocycles. The van der Waals surface area contributed by atoms with Crippen LogP contribution in [0.1, 0.15) is 0 Å². The highest BCUT2D eigenvalue weighted by atomic mass is 19.1. The lowest BCUT2D eigenvalue weighted by Crippen LogP contribution is -2.10. The fourth-order valence-corrected chi connectivity index (χ4v) is 2.83. The second kappa shape index (κ2) is 13.1. The number of ether oxygens (including phenoxy) is 3. The first-order valence-corrected chi connectivity index (χ1v) is 10.6. The van der Waals surface area contributed by atoms with Crippen molar-refractivity contribution in [3.05, 3.63) is 73.0 Å². The summed E-state index contributed by atoms with van der Waals surface area (Å²) in [5.74, 6) is -1.02. The van der Waals surface area contributed by atoms with Crippen LogP contribution in [0.25, 0.3) is 0 Å². The highest BCUT2D eigenvalue weighted by Gasteiger charge is 2.10. The molecule has 0 aliphatic carbocycles. The Bertz CT molecular complexity index is 1080. The second-order valence-electron chi connectivity index (χ2n) is 6.99. The molecule has 0 radical (unpaired) electrons. The number of hydrogen-bond donors (Lipinski definition) is 3. The molecule has 8 nitrogen and oxygen atoms in total. The molecule has 10 heteroatoms. The van der Waals surface area contributed by atoms with Gasteiger partial charge < -0.3 is 30.2 Å². The Morgan fingerprint density at radius 3 is 2.53 bits per heavy atom. The van der Waals surface area contributed by atoms with Crippen LogP contribution < -0.4 is 20.7 Å². The smallest absolute Gasteiger partial charge is 0.229 e. The quantitative estimate of drug-likeness (QED) is 0.226. The molecule has 34 heavy (non-hydrogen) atoms. The third-order valence-corrected chi connectivity index (χ3v) is 4.42. The van der Waals surface area contributed by atoms with E-state index in [1.165, 1.54) is 12.1 Å². The Labute approximate surface area is 197 Å². The molecule has 1 aromatic heterocycles. The summed E-state index contributed by atoms with van der Waals surface area (Å²) in [7, 11) is 1.58. The van der Waals surface area contributed by atoms with Gasteiger partial charge in [-0.05, 0) is 30.3 Å². The van der Waals surface area contributed by atoms with Crippen molar-refractivity contribution in [3.8, 4) is 5.75 Å². The third-order valence-electron chi connectivity index (χ3n) is 4.42. The molecular formula is C24H27F2N5O3. The van der Waals surface area contributed by atoms with E-state index in [9.17, 15) is 8.78 Å². The van der Waals surface area contributed by atoms with Gasteiger partial charge in [0.25, 0.3) is 0 Å². The number of rotatable bonds is 14. The van der Waals surface area contributed by atoms with Gasteiger partial charge in [-0.15, -0.1) is 6.58 Å². The van der Waals surface area contributed by atoms with E-state index in [1.807, 2.05) is 18.2 Å². The Morgan fingerprint density at radius 1 is 0.941 bits per heavy atom. The number of hydrogen-bond acceptors (Lipinski definition) is 8. The van der Waals surface area contributed by atoms with Crippen LogP contribution in [0.15, 0.2) is 61.3 Å². The van der Waals surface area contributed by atoms with Crippen LogP contribution in [0.3, 0.4) is 0 Å². The molecule has 3 aromatic rings. The maximum atomic E-state index is 14.4. The number of nitrogens with zero attached hydrogens (tertiary/aromatic N) is 2. The topological polar surface area (TPSA) is 89.6 Å². The fraction of sp³-hybridized carbons (Fsp3) is 0.250. The number of anilines is 5. The number of methoxy groups -OCH3 is 1. The molecule has 3 N–H and O–H groups in total. The van der Waals surface area contributed by atoms with Crippen LogP contribution in [0.4, 0.5) is 37.6 Å². The van der Waals surface area contributed by atoms with E-state index in [1.54, 1.807) is 25.3 Å². The van der Waals surface area contributed by atoms with Crippen molar-refractivity contribution in [2.24, 2.45) is 0 Å². The average molecular weight is 472 g/mol. The molecule has 0 unspecified atom stereocenters. The van der Waals surface area contributed by atoms with Crippen LogP contribution in [0.2, 0.25) is 0 Å². The van der Waals surface area contributed by atoms with Crippen molar-refractivity contribution >= 4 is 28.8 Å². The Hall–Kier alpha value is -3.76. The second-order valence-corrected chi connectivity index (χ2v) is 6.99. The molecular weight excluding hydrogens is 444 g/mol. The summed E-state index contributed by atoms with van der Waals surface area (Å²) in [6, 6.07) is 11.6. The van der Waals surface area contributed by atoms with Crippen molar-refractivity contribution in [3.63, 3.8) is 0 Å². The highest BCUT2D eigenvalue weighted by Crippen LogP contribution is 2.25. The Balaban J connectivity index is 1.61. The molecule has 0 fully saturated rings. The summed E-state index contributed by atoms with van der Waals surface area (Å²) < 4.78 is 44.2. The lowest BCUT2D eigenvalue weighted by Gasteiger charge is -2.12. The van der Waals surface area contributed by atoms with Gasteiger partial charge in [-0.25, -0.2) is 13.8 Å². The van der Waals surface area contributed by atoms with Gasteiger partial charge in [0.15, 0.2) is 23.2 Å². The van der Waals surface area contributed by atoms with Gasteiger partial charge in [-0.1, -0.05) is 12.1 Å². The van der Waals surface area contributed by atoms with Crippen molar-refractivity contribution in [1.82, 2.24) is 9.97 Å². The van der Waals surface area contributed by atoms with Crippen molar-refractivity contribution in [2.75, 3.05) is 56.0 Å². The fourth-order valence-electron chi connectivity index (χ4n) is 2.83. The number of halogens is 2. The molecule has 0 spiro atoms. The maximum absolute atomic E-state index is 14.4. The van der Waals surface area contributed by atoms with Crippen molar-refractivity contribution in [2.45, 2.75) is 0 Å². The van der Waals surface area contributed by atoms with Crippen molar-refractivity contribution in [1.29, 1.82) is 0 Å². The van der Waals surface area contributed by atoms with E-state index in [2.05, 4.69) is 32.5 Å². The minimum Gasteiger partial charge on any atom is -0.488 e. The predicted octanol–water partition coefficient (Wildman–Crippen LogP) is 4.88. The van der Waals surface area contributed by atoms with E-state index in [0.29, 0.717) is 37.7 Å². The van der Waals surface area contributed by atoms with E-state index < -0.39 is 11.6 Å². The molecule has 1 heterocycles. The van der Waals surface area contributed by atoms with Gasteiger partial charge in [0.1, 0.15) is 6.61 Å². The zero-order chi connectivity index (χ0) is 24.2. The molecule has 0 bridgehead atoms. The number of benzene rings is 2. The van der Waals surface area contributed by atoms with Gasteiger partial charge in [0, 0.05) is 36.8 Å². The third kappa shape index (κ3) is 7.68. The molecule has 0 saturated heterocycles. The zero-order valence-corrected chi connectivity index (χ0v) is 18.8. The summed E-state index contributed by atoms with van der Waals surface area (Å²) in [5, 5.41) is 8.96. The van der Waals surface area contributed by atoms with Crippen LogP contribution in [0, 0.1) is 11.6 Å². The van der Waals surface area contributed by atoms with Crippen LogP contribution in [0.5, 0.6) is 5.75 Å². The minimum absolute atomic E-state index is 0.0210. The van der Waals surface area contributed by atoms with Crippen LogP contribution in [-0.4, -0.2) is 50.1 Å². The summed E-state index contributed by atoms with van der Waals surface area (Å²) in [5.41, 5.74) is 1.86. The molecule has 0 aliphatic heterocycles. The SMILES string of the molecule is C=CCNc1cccc(Nc2nc(Nc3ccc(OCCOCCOC)c(F)c3)ncc2F)c1. The van der Waals surface area contributed by atoms with Gasteiger partial charge >= 0.3 is 0 Å². The summed E-state index contributed by atoms with van der Waals surface area (Å²) >= 11 is 0. The maximum Gasteiger partial charge on any atom is 0.229 e. The zero-order valence-electron chi connectivity index (χ0n) is 18.8. The standard InChI is InChI=1S/C24H27F2N5O3/c1-3-9-27-17-5-4-6-18(14-17)29-23-21(26)16-28-24(31-23)30-19-7-8-22(20(25)15-19)34-13-12-33-11-10-32-2/h3-8,14-16,27H,1,9-13H2,2H3,(H2,28,29,30,31). The van der Waals surface area contributed by atoms with Crippen molar-refractivity contribution < 1.29 is 23.0 Å². The Morgan fingerprint density at radius 2 is 1.74 bits per heavy atom. The summed E-state index contributed by atoms with van der Waals surface area (Å²) in [4.78, 5) is 8.10. The first-order chi connectivity index (χ1) is 16.6. The van der Waals surface area contributed by atoms with Gasteiger partial charge in [0.05, 0.1) is 26.0 Å². The normalized spacial score (nSPS) is 10.6. The van der Waals surface area contributed by atoms with Crippen LogP contribution >= 0.6 is 0 Å². The molecule has 0 amide bonds. The monoisotopic (exact) mass is 471 g/mol. The van der Waals surface area contributed by atoms with Gasteiger partial charge in [-0.2, -0.15) is 4.98 Å². The molecule has 0 saturated carbocycles. The first-order valence-electron chi connectivity index (χ1n) is 10.6. The Kier molecular flexibility index (Phi) is 9.56. The largest absolute Gasteiger partial charge is 0.488 e. The van der Waals surface area contributed by atoms with E-state index in [4.69, 9.17) is 14.2 Å². The van der Waals surface area contributed by atoms with E-state index in [0.717, 1.165) is 11.9 Å². The summed E-state index contributed by atoms with van der Waals surface area (Å²) in [6.07, 6.45) is 2.78. The van der Waals surface area contributed by atoms with Gasteiger partial charge in [0.2, 0.25) is 5.95 Å².